The van der Waals surface area contributed by atoms with Gasteiger partial charge >= 0.3 is 0 Å². The number of nitrogens with one attached hydrogen (secondary N) is 1. The molecule has 0 saturated carbocycles. The Morgan fingerprint density at radius 1 is 0.872 bits per heavy atom. The third kappa shape index (κ3) is 7.93. The first-order valence-electron chi connectivity index (χ1n) is 13.2. The summed E-state index contributed by atoms with van der Waals surface area (Å²) in [5.74, 6) is -0.704. The molecule has 7 nitrogen and oxygen atoms in total. The minimum atomic E-state index is -4.07. The van der Waals surface area contributed by atoms with Crippen LogP contribution in [0, 0.1) is 6.92 Å². The lowest BCUT2D eigenvalue weighted by molar-refractivity contribution is -0.140. The van der Waals surface area contributed by atoms with Crippen LogP contribution in [0.15, 0.2) is 89.8 Å². The zero-order chi connectivity index (χ0) is 28.6. The molecule has 2 amide bonds. The molecule has 0 radical (unpaired) electrons. The van der Waals surface area contributed by atoms with E-state index in [0.717, 1.165) is 15.4 Å². The average molecular weight is 550 g/mol. The molecular formula is C31H39N3O4S. The van der Waals surface area contributed by atoms with Crippen molar-refractivity contribution in [2.75, 3.05) is 17.4 Å². The molecule has 3 aromatic carbocycles. The van der Waals surface area contributed by atoms with Crippen LogP contribution in [-0.4, -0.2) is 49.8 Å². The van der Waals surface area contributed by atoms with Gasteiger partial charge in [0.1, 0.15) is 12.6 Å². The van der Waals surface area contributed by atoms with E-state index in [4.69, 9.17) is 0 Å². The molecule has 1 N–H and O–H groups in total. The van der Waals surface area contributed by atoms with Gasteiger partial charge in [-0.05, 0) is 69.9 Å². The predicted octanol–water partition coefficient (Wildman–Crippen LogP) is 4.95. The van der Waals surface area contributed by atoms with Crippen molar-refractivity contribution in [2.24, 2.45) is 0 Å². The summed E-state index contributed by atoms with van der Waals surface area (Å²) < 4.78 is 28.9. The standard InChI is InChI=1S/C31H39N3O4S/c1-6-27(30(36)32-31(3,4)5)33(22-21-25-16-9-7-10-17-25)29(35)23-34(28-20-14-13-15-24(28)2)39(37,38)26-18-11-8-12-19-26/h7-20,27H,6,21-23H2,1-5H3,(H,32,36)/t27-/m1/s1. The van der Waals surface area contributed by atoms with E-state index < -0.39 is 34.1 Å². The second-order valence-electron chi connectivity index (χ2n) is 10.6. The summed E-state index contributed by atoms with van der Waals surface area (Å²) in [6, 6.07) is 24.1. The minimum Gasteiger partial charge on any atom is -0.350 e. The van der Waals surface area contributed by atoms with Crippen molar-refractivity contribution in [3.05, 3.63) is 96.1 Å². The van der Waals surface area contributed by atoms with Crippen LogP contribution in [-0.2, 0) is 26.0 Å². The lowest BCUT2D eigenvalue weighted by Crippen LogP contribution is -2.56. The number of hydrogen-bond acceptors (Lipinski definition) is 4. The fourth-order valence-corrected chi connectivity index (χ4v) is 5.92. The summed E-state index contributed by atoms with van der Waals surface area (Å²) in [6.07, 6.45) is 0.917. The van der Waals surface area contributed by atoms with Gasteiger partial charge in [-0.3, -0.25) is 13.9 Å². The number of rotatable bonds is 11. The molecule has 0 fully saturated rings. The monoisotopic (exact) mass is 549 g/mol. The van der Waals surface area contributed by atoms with Gasteiger partial charge in [0.25, 0.3) is 10.0 Å². The SMILES string of the molecule is CC[C@H](C(=O)NC(C)(C)C)N(CCc1ccccc1)C(=O)CN(c1ccccc1C)S(=O)(=O)c1ccccc1. The largest absolute Gasteiger partial charge is 0.350 e. The topological polar surface area (TPSA) is 86.8 Å². The highest BCUT2D eigenvalue weighted by atomic mass is 32.2. The molecule has 0 aliphatic heterocycles. The van der Waals surface area contributed by atoms with Crippen LogP contribution in [0.4, 0.5) is 5.69 Å². The normalized spacial score (nSPS) is 12.4. The van der Waals surface area contributed by atoms with E-state index in [9.17, 15) is 18.0 Å². The molecular weight excluding hydrogens is 510 g/mol. The number of nitrogens with zero attached hydrogens (tertiary/aromatic N) is 2. The molecule has 208 valence electrons. The Morgan fingerprint density at radius 2 is 1.44 bits per heavy atom. The first kappa shape index (κ1) is 29.9. The zero-order valence-corrected chi connectivity index (χ0v) is 24.2. The number of sulfonamides is 1. The van der Waals surface area contributed by atoms with Gasteiger partial charge in [-0.1, -0.05) is 73.7 Å². The van der Waals surface area contributed by atoms with Crippen LogP contribution in [0.2, 0.25) is 0 Å². The molecule has 0 saturated heterocycles. The van der Waals surface area contributed by atoms with Crippen LogP contribution in [0.5, 0.6) is 0 Å². The van der Waals surface area contributed by atoms with Crippen molar-refractivity contribution in [1.82, 2.24) is 10.2 Å². The van der Waals surface area contributed by atoms with Crippen molar-refractivity contribution >= 4 is 27.5 Å². The van der Waals surface area contributed by atoms with E-state index in [2.05, 4.69) is 5.32 Å². The van der Waals surface area contributed by atoms with Crippen LogP contribution in [0.3, 0.4) is 0 Å². The molecule has 0 unspecified atom stereocenters. The van der Waals surface area contributed by atoms with E-state index in [1.807, 2.05) is 77.1 Å². The first-order valence-corrected chi connectivity index (χ1v) is 14.7. The Bertz CT molecular complexity index is 1350. The number of para-hydroxylation sites is 1. The quantitative estimate of drug-likeness (QED) is 0.367. The number of anilines is 1. The highest BCUT2D eigenvalue weighted by Gasteiger charge is 2.34. The summed E-state index contributed by atoms with van der Waals surface area (Å²) in [6.45, 7) is 9.17. The molecule has 0 heterocycles. The van der Waals surface area contributed by atoms with Gasteiger partial charge in [-0.15, -0.1) is 0 Å². The van der Waals surface area contributed by atoms with E-state index in [1.54, 1.807) is 30.3 Å². The van der Waals surface area contributed by atoms with Crippen LogP contribution in [0.25, 0.3) is 0 Å². The average Bonchev–Trinajstić information content (AvgIpc) is 2.90. The summed E-state index contributed by atoms with van der Waals surface area (Å²) in [4.78, 5) is 29.0. The van der Waals surface area contributed by atoms with Gasteiger partial charge in [0, 0.05) is 12.1 Å². The molecule has 0 bridgehead atoms. The fourth-order valence-electron chi connectivity index (χ4n) is 4.43. The molecule has 0 aliphatic carbocycles. The number of carbonyl (C=O) groups excluding carboxylic acids is 2. The molecule has 3 rings (SSSR count). The highest BCUT2D eigenvalue weighted by molar-refractivity contribution is 7.92. The van der Waals surface area contributed by atoms with Gasteiger partial charge in [-0.25, -0.2) is 8.42 Å². The first-order chi connectivity index (χ1) is 18.4. The summed E-state index contributed by atoms with van der Waals surface area (Å²) in [5.41, 5.74) is 1.68. The number of benzene rings is 3. The zero-order valence-electron chi connectivity index (χ0n) is 23.4. The van der Waals surface area contributed by atoms with Crippen LogP contribution < -0.4 is 9.62 Å². The van der Waals surface area contributed by atoms with Crippen molar-refractivity contribution in [3.63, 3.8) is 0 Å². The van der Waals surface area contributed by atoms with Crippen molar-refractivity contribution in [2.45, 2.75) is 63.9 Å². The van der Waals surface area contributed by atoms with Gasteiger partial charge < -0.3 is 10.2 Å². The Labute approximate surface area is 232 Å². The Morgan fingerprint density at radius 3 is 2.00 bits per heavy atom. The Kier molecular flexibility index (Phi) is 9.92. The summed E-state index contributed by atoms with van der Waals surface area (Å²) in [7, 11) is -4.07. The summed E-state index contributed by atoms with van der Waals surface area (Å²) >= 11 is 0. The smallest absolute Gasteiger partial charge is 0.264 e. The van der Waals surface area contributed by atoms with Crippen molar-refractivity contribution in [3.8, 4) is 0 Å². The van der Waals surface area contributed by atoms with E-state index in [-0.39, 0.29) is 17.3 Å². The Hall–Kier alpha value is -3.65. The maximum atomic E-state index is 14.0. The molecule has 8 heteroatoms. The van der Waals surface area contributed by atoms with E-state index >= 15 is 0 Å². The summed E-state index contributed by atoms with van der Waals surface area (Å²) in [5, 5.41) is 2.99. The molecule has 3 aromatic rings. The maximum Gasteiger partial charge on any atom is 0.264 e. The Balaban J connectivity index is 2.02. The highest BCUT2D eigenvalue weighted by Crippen LogP contribution is 2.27. The number of aryl methyl sites for hydroxylation is 1. The lowest BCUT2D eigenvalue weighted by atomic mass is 10.1. The maximum absolute atomic E-state index is 14.0. The number of amides is 2. The number of carbonyl (C=O) groups is 2. The van der Waals surface area contributed by atoms with Crippen LogP contribution >= 0.6 is 0 Å². The van der Waals surface area contributed by atoms with Crippen molar-refractivity contribution < 1.29 is 18.0 Å². The van der Waals surface area contributed by atoms with Gasteiger partial charge in [-0.2, -0.15) is 0 Å². The molecule has 0 spiro atoms. The second kappa shape index (κ2) is 12.9. The van der Waals surface area contributed by atoms with Gasteiger partial charge in [0.2, 0.25) is 11.8 Å². The van der Waals surface area contributed by atoms with Crippen molar-refractivity contribution in [1.29, 1.82) is 0 Å². The fraction of sp³-hybridized carbons (Fsp3) is 0.355. The second-order valence-corrected chi connectivity index (χ2v) is 12.5. The third-order valence-corrected chi connectivity index (χ3v) is 8.14. The molecule has 0 aromatic heterocycles. The predicted molar refractivity (Wildman–Crippen MR) is 156 cm³/mol. The minimum absolute atomic E-state index is 0.0920. The van der Waals surface area contributed by atoms with E-state index in [1.165, 1.54) is 17.0 Å². The third-order valence-electron chi connectivity index (χ3n) is 6.36. The van der Waals surface area contributed by atoms with Gasteiger partial charge in [0.15, 0.2) is 0 Å². The molecule has 0 aliphatic rings. The van der Waals surface area contributed by atoms with Gasteiger partial charge in [0.05, 0.1) is 10.6 Å². The lowest BCUT2D eigenvalue weighted by Gasteiger charge is -2.35. The molecule has 1 atom stereocenters. The van der Waals surface area contributed by atoms with Crippen LogP contribution in [0.1, 0.15) is 45.2 Å². The number of hydrogen-bond donors (Lipinski definition) is 1. The van der Waals surface area contributed by atoms with E-state index in [0.29, 0.717) is 18.5 Å². The molecule has 39 heavy (non-hydrogen) atoms.